The van der Waals surface area contributed by atoms with Crippen LogP contribution in [-0.2, 0) is 9.53 Å². The van der Waals surface area contributed by atoms with Gasteiger partial charge >= 0.3 is 0 Å². The molecular weight excluding hydrogens is 188 g/mol. The summed E-state index contributed by atoms with van der Waals surface area (Å²) in [6.07, 6.45) is 5.28. The number of carbonyl (C=O) groups excluding carboxylic acids is 1. The molecule has 0 aromatic rings. The van der Waals surface area contributed by atoms with Gasteiger partial charge in [-0.15, -0.1) is 0 Å². The lowest BCUT2D eigenvalue weighted by Gasteiger charge is -2.17. The smallest absolute Gasteiger partial charge is 0.162 e. The first-order chi connectivity index (χ1) is 7.19. The monoisotopic (exact) mass is 212 g/mol. The largest absolute Gasteiger partial charge is 0.370 e. The van der Waals surface area contributed by atoms with Crippen LogP contribution in [0.1, 0.15) is 52.9 Å². The van der Waals surface area contributed by atoms with Crippen molar-refractivity contribution in [1.82, 2.24) is 0 Å². The van der Waals surface area contributed by atoms with E-state index in [9.17, 15) is 4.79 Å². The summed E-state index contributed by atoms with van der Waals surface area (Å²) < 4.78 is 5.56. The maximum absolute atomic E-state index is 12.0. The zero-order chi connectivity index (χ0) is 11.3. The van der Waals surface area contributed by atoms with Crippen molar-refractivity contribution in [2.75, 3.05) is 6.61 Å². The van der Waals surface area contributed by atoms with Crippen LogP contribution in [0.5, 0.6) is 0 Å². The number of hydrogen-bond acceptors (Lipinski definition) is 2. The van der Waals surface area contributed by atoms with Gasteiger partial charge in [0, 0.05) is 13.0 Å². The van der Waals surface area contributed by atoms with Crippen molar-refractivity contribution in [1.29, 1.82) is 0 Å². The van der Waals surface area contributed by atoms with Gasteiger partial charge in [0.15, 0.2) is 5.78 Å². The molecule has 0 radical (unpaired) electrons. The van der Waals surface area contributed by atoms with E-state index in [-0.39, 0.29) is 6.10 Å². The Morgan fingerprint density at radius 1 is 1.40 bits per heavy atom. The van der Waals surface area contributed by atoms with Gasteiger partial charge < -0.3 is 4.74 Å². The van der Waals surface area contributed by atoms with Crippen LogP contribution in [0.2, 0.25) is 0 Å². The molecule has 2 nitrogen and oxygen atoms in total. The summed E-state index contributed by atoms with van der Waals surface area (Å²) in [7, 11) is 0. The predicted molar refractivity (Wildman–Crippen MR) is 61.8 cm³/mol. The standard InChI is InChI=1S/C13H24O2/c1-4-6-10(3)9-12(14)13(15-5-2)11-7-8-11/h10-11,13H,4-9H2,1-3H3. The Morgan fingerprint density at radius 2 is 2.07 bits per heavy atom. The Bertz CT molecular complexity index is 197. The van der Waals surface area contributed by atoms with E-state index in [1.165, 1.54) is 12.8 Å². The lowest BCUT2D eigenvalue weighted by Crippen LogP contribution is -2.28. The fourth-order valence-electron chi connectivity index (χ4n) is 2.12. The number of hydrogen-bond donors (Lipinski definition) is 0. The Labute approximate surface area is 93.4 Å². The van der Waals surface area contributed by atoms with Gasteiger partial charge in [0.05, 0.1) is 0 Å². The van der Waals surface area contributed by atoms with Crippen LogP contribution in [0.15, 0.2) is 0 Å². The highest BCUT2D eigenvalue weighted by Crippen LogP contribution is 2.35. The summed E-state index contributed by atoms with van der Waals surface area (Å²) in [5, 5.41) is 0. The van der Waals surface area contributed by atoms with Gasteiger partial charge in [-0.3, -0.25) is 4.79 Å². The quantitative estimate of drug-likeness (QED) is 0.617. The van der Waals surface area contributed by atoms with E-state index in [0.29, 0.717) is 30.6 Å². The zero-order valence-corrected chi connectivity index (χ0v) is 10.3. The Balaban J connectivity index is 2.34. The lowest BCUT2D eigenvalue weighted by atomic mass is 9.96. The molecule has 1 aliphatic rings. The minimum Gasteiger partial charge on any atom is -0.370 e. The third-order valence-electron chi connectivity index (χ3n) is 3.04. The Hall–Kier alpha value is -0.370. The van der Waals surface area contributed by atoms with Crippen molar-refractivity contribution in [2.45, 2.75) is 59.0 Å². The second-order valence-corrected chi connectivity index (χ2v) is 4.78. The molecule has 0 heterocycles. The minimum atomic E-state index is -0.0886. The molecule has 88 valence electrons. The van der Waals surface area contributed by atoms with Crippen molar-refractivity contribution in [3.05, 3.63) is 0 Å². The minimum absolute atomic E-state index is 0.0886. The molecule has 2 unspecified atom stereocenters. The van der Waals surface area contributed by atoms with Crippen molar-refractivity contribution in [2.24, 2.45) is 11.8 Å². The SMILES string of the molecule is CCCC(C)CC(=O)C(OCC)C1CC1. The fraction of sp³-hybridized carbons (Fsp3) is 0.923. The maximum Gasteiger partial charge on any atom is 0.162 e. The summed E-state index contributed by atoms with van der Waals surface area (Å²) in [6.45, 7) is 6.96. The topological polar surface area (TPSA) is 26.3 Å². The summed E-state index contributed by atoms with van der Waals surface area (Å²) in [4.78, 5) is 12.0. The summed E-state index contributed by atoms with van der Waals surface area (Å²) in [6, 6.07) is 0. The first-order valence-corrected chi connectivity index (χ1v) is 6.33. The molecule has 0 amide bonds. The molecule has 15 heavy (non-hydrogen) atoms. The van der Waals surface area contributed by atoms with Crippen LogP contribution < -0.4 is 0 Å². The van der Waals surface area contributed by atoms with Crippen LogP contribution in [0.25, 0.3) is 0 Å². The Kier molecular flexibility index (Phi) is 5.30. The van der Waals surface area contributed by atoms with Gasteiger partial charge in [0.2, 0.25) is 0 Å². The van der Waals surface area contributed by atoms with Crippen molar-refractivity contribution < 1.29 is 9.53 Å². The lowest BCUT2D eigenvalue weighted by molar-refractivity contribution is -0.132. The van der Waals surface area contributed by atoms with E-state index in [4.69, 9.17) is 4.74 Å². The molecule has 0 aromatic carbocycles. The molecule has 0 bridgehead atoms. The normalized spacial score (nSPS) is 19.9. The van der Waals surface area contributed by atoms with Crippen molar-refractivity contribution >= 4 is 5.78 Å². The molecule has 1 rings (SSSR count). The van der Waals surface area contributed by atoms with Gasteiger partial charge in [-0.05, 0) is 31.6 Å². The average molecular weight is 212 g/mol. The van der Waals surface area contributed by atoms with Crippen LogP contribution >= 0.6 is 0 Å². The van der Waals surface area contributed by atoms with Gasteiger partial charge in [0.25, 0.3) is 0 Å². The molecule has 0 aliphatic heterocycles. The first-order valence-electron chi connectivity index (χ1n) is 6.33. The highest BCUT2D eigenvalue weighted by molar-refractivity contribution is 5.83. The van der Waals surface area contributed by atoms with E-state index in [2.05, 4.69) is 13.8 Å². The number of ketones is 1. The molecule has 2 atom stereocenters. The van der Waals surface area contributed by atoms with Crippen LogP contribution in [-0.4, -0.2) is 18.5 Å². The zero-order valence-electron chi connectivity index (χ0n) is 10.3. The van der Waals surface area contributed by atoms with E-state index in [1.807, 2.05) is 6.92 Å². The van der Waals surface area contributed by atoms with Crippen molar-refractivity contribution in [3.8, 4) is 0 Å². The van der Waals surface area contributed by atoms with E-state index < -0.39 is 0 Å². The third-order valence-corrected chi connectivity index (χ3v) is 3.04. The highest BCUT2D eigenvalue weighted by atomic mass is 16.5. The summed E-state index contributed by atoms with van der Waals surface area (Å²) in [5.74, 6) is 1.38. The number of Topliss-reactive ketones (excluding diaryl/α,β-unsaturated/α-hetero) is 1. The molecule has 0 N–H and O–H groups in total. The van der Waals surface area contributed by atoms with Gasteiger partial charge in [-0.2, -0.15) is 0 Å². The predicted octanol–water partition coefficient (Wildman–Crippen LogP) is 3.20. The fourth-order valence-corrected chi connectivity index (χ4v) is 2.12. The van der Waals surface area contributed by atoms with Gasteiger partial charge in [0.1, 0.15) is 6.10 Å². The summed E-state index contributed by atoms with van der Waals surface area (Å²) >= 11 is 0. The second-order valence-electron chi connectivity index (χ2n) is 4.78. The van der Waals surface area contributed by atoms with E-state index in [1.54, 1.807) is 0 Å². The molecule has 0 saturated heterocycles. The molecule has 1 saturated carbocycles. The van der Waals surface area contributed by atoms with Crippen molar-refractivity contribution in [3.63, 3.8) is 0 Å². The van der Waals surface area contributed by atoms with E-state index in [0.717, 1.165) is 12.8 Å². The second kappa shape index (κ2) is 6.26. The number of rotatable bonds is 8. The summed E-state index contributed by atoms with van der Waals surface area (Å²) in [5.41, 5.74) is 0. The molecule has 1 fully saturated rings. The van der Waals surface area contributed by atoms with E-state index >= 15 is 0 Å². The maximum atomic E-state index is 12.0. The molecule has 0 aromatic heterocycles. The number of ether oxygens (including phenoxy) is 1. The van der Waals surface area contributed by atoms with Crippen LogP contribution in [0.4, 0.5) is 0 Å². The van der Waals surface area contributed by atoms with Crippen LogP contribution in [0, 0.1) is 11.8 Å². The Morgan fingerprint density at radius 3 is 2.53 bits per heavy atom. The van der Waals surface area contributed by atoms with Gasteiger partial charge in [-0.25, -0.2) is 0 Å². The highest BCUT2D eigenvalue weighted by Gasteiger charge is 2.36. The molecule has 1 aliphatic carbocycles. The number of carbonyl (C=O) groups is 1. The molecule has 0 spiro atoms. The average Bonchev–Trinajstić information content (AvgIpc) is 2.97. The first kappa shape index (κ1) is 12.7. The third kappa shape index (κ3) is 4.33. The molecular formula is C13H24O2. The molecule has 2 heteroatoms. The van der Waals surface area contributed by atoms with Crippen LogP contribution in [0.3, 0.4) is 0 Å². The van der Waals surface area contributed by atoms with Gasteiger partial charge in [-0.1, -0.05) is 26.7 Å².